The monoisotopic (exact) mass is 184 g/mol. The molecule has 0 aromatic rings. The van der Waals surface area contributed by atoms with E-state index in [-0.39, 0.29) is 24.0 Å². The summed E-state index contributed by atoms with van der Waals surface area (Å²) in [6, 6.07) is 0. The highest BCUT2D eigenvalue weighted by Crippen LogP contribution is 2.34. The Bertz CT molecular complexity index is 210. The molecule has 1 aliphatic carbocycles. The SMILES string of the molecule is CCC[C@@H]1C(=O)CC[C@H]1CC(=O)O. The van der Waals surface area contributed by atoms with Crippen LogP contribution in [0.5, 0.6) is 0 Å². The Morgan fingerprint density at radius 2 is 2.31 bits per heavy atom. The van der Waals surface area contributed by atoms with Crippen LogP contribution in [0.2, 0.25) is 0 Å². The van der Waals surface area contributed by atoms with Crippen LogP contribution < -0.4 is 0 Å². The molecule has 0 spiro atoms. The third-order valence-corrected chi connectivity index (χ3v) is 2.78. The van der Waals surface area contributed by atoms with E-state index in [0.29, 0.717) is 6.42 Å². The molecule has 0 aromatic carbocycles. The van der Waals surface area contributed by atoms with Gasteiger partial charge in [-0.05, 0) is 18.8 Å². The summed E-state index contributed by atoms with van der Waals surface area (Å²) in [6.07, 6.45) is 3.35. The first-order valence-electron chi connectivity index (χ1n) is 4.89. The Kier molecular flexibility index (Phi) is 3.46. The number of ketones is 1. The molecule has 3 nitrogen and oxygen atoms in total. The van der Waals surface area contributed by atoms with Gasteiger partial charge in [0.25, 0.3) is 0 Å². The molecule has 1 aliphatic rings. The Morgan fingerprint density at radius 3 is 2.85 bits per heavy atom. The predicted octanol–water partition coefficient (Wildman–Crippen LogP) is 1.86. The molecular weight excluding hydrogens is 168 g/mol. The molecule has 3 heteroatoms. The highest BCUT2D eigenvalue weighted by atomic mass is 16.4. The molecule has 1 saturated carbocycles. The Morgan fingerprint density at radius 1 is 1.62 bits per heavy atom. The summed E-state index contributed by atoms with van der Waals surface area (Å²) in [6.45, 7) is 2.03. The van der Waals surface area contributed by atoms with Gasteiger partial charge in [-0.3, -0.25) is 9.59 Å². The number of carboxylic acid groups (broad SMARTS) is 1. The number of rotatable bonds is 4. The molecule has 0 aliphatic heterocycles. The van der Waals surface area contributed by atoms with Crippen molar-refractivity contribution in [3.8, 4) is 0 Å². The van der Waals surface area contributed by atoms with E-state index in [1.807, 2.05) is 6.92 Å². The Balaban J connectivity index is 2.53. The minimum absolute atomic E-state index is 0.0288. The van der Waals surface area contributed by atoms with E-state index in [1.54, 1.807) is 0 Å². The van der Waals surface area contributed by atoms with E-state index in [1.165, 1.54) is 0 Å². The lowest BCUT2D eigenvalue weighted by Crippen LogP contribution is -2.17. The fraction of sp³-hybridized carbons (Fsp3) is 0.800. The minimum Gasteiger partial charge on any atom is -0.481 e. The quantitative estimate of drug-likeness (QED) is 0.725. The summed E-state index contributed by atoms with van der Waals surface area (Å²) in [5, 5.41) is 8.63. The fourth-order valence-electron chi connectivity index (χ4n) is 2.15. The van der Waals surface area contributed by atoms with Crippen molar-refractivity contribution in [2.45, 2.75) is 39.0 Å². The van der Waals surface area contributed by atoms with Gasteiger partial charge < -0.3 is 5.11 Å². The van der Waals surface area contributed by atoms with Crippen molar-refractivity contribution < 1.29 is 14.7 Å². The van der Waals surface area contributed by atoms with Crippen molar-refractivity contribution in [1.29, 1.82) is 0 Å². The van der Waals surface area contributed by atoms with E-state index in [2.05, 4.69) is 0 Å². The third-order valence-electron chi connectivity index (χ3n) is 2.78. The van der Waals surface area contributed by atoms with Crippen LogP contribution in [-0.2, 0) is 9.59 Å². The maximum absolute atomic E-state index is 11.4. The molecule has 74 valence electrons. The van der Waals surface area contributed by atoms with Crippen LogP contribution in [0.4, 0.5) is 0 Å². The maximum atomic E-state index is 11.4. The highest BCUT2D eigenvalue weighted by molar-refractivity contribution is 5.84. The zero-order chi connectivity index (χ0) is 9.84. The molecular formula is C10H16O3. The standard InChI is InChI=1S/C10H16O3/c1-2-3-8-7(6-10(12)13)4-5-9(8)11/h7-8H,2-6H2,1H3,(H,12,13)/t7-,8-/m0/s1. The Labute approximate surface area is 78.1 Å². The summed E-state index contributed by atoms with van der Waals surface area (Å²) in [5.41, 5.74) is 0. The average molecular weight is 184 g/mol. The Hall–Kier alpha value is -0.860. The molecule has 0 unspecified atom stereocenters. The summed E-state index contributed by atoms with van der Waals surface area (Å²) in [4.78, 5) is 21.9. The van der Waals surface area contributed by atoms with Crippen LogP contribution in [0.15, 0.2) is 0 Å². The lowest BCUT2D eigenvalue weighted by molar-refractivity contribution is -0.138. The number of carboxylic acids is 1. The van der Waals surface area contributed by atoms with E-state index >= 15 is 0 Å². The normalized spacial score (nSPS) is 27.9. The predicted molar refractivity (Wildman–Crippen MR) is 48.4 cm³/mol. The van der Waals surface area contributed by atoms with Crippen LogP contribution in [0, 0.1) is 11.8 Å². The van der Waals surface area contributed by atoms with E-state index in [0.717, 1.165) is 19.3 Å². The van der Waals surface area contributed by atoms with Gasteiger partial charge in [0.1, 0.15) is 5.78 Å². The molecule has 0 aromatic heterocycles. The van der Waals surface area contributed by atoms with Gasteiger partial charge in [0.15, 0.2) is 0 Å². The van der Waals surface area contributed by atoms with E-state index < -0.39 is 5.97 Å². The van der Waals surface area contributed by atoms with Crippen molar-refractivity contribution in [2.75, 3.05) is 0 Å². The second-order valence-corrected chi connectivity index (χ2v) is 3.76. The van der Waals surface area contributed by atoms with Crippen LogP contribution >= 0.6 is 0 Å². The number of hydrogen-bond donors (Lipinski definition) is 1. The van der Waals surface area contributed by atoms with Gasteiger partial charge in [0.2, 0.25) is 0 Å². The number of hydrogen-bond acceptors (Lipinski definition) is 2. The molecule has 0 bridgehead atoms. The minimum atomic E-state index is -0.777. The van der Waals surface area contributed by atoms with Crippen molar-refractivity contribution in [3.05, 3.63) is 0 Å². The first kappa shape index (κ1) is 10.2. The molecule has 1 fully saturated rings. The first-order valence-corrected chi connectivity index (χ1v) is 4.89. The largest absolute Gasteiger partial charge is 0.481 e. The van der Waals surface area contributed by atoms with Crippen molar-refractivity contribution in [3.63, 3.8) is 0 Å². The van der Waals surface area contributed by atoms with Gasteiger partial charge in [-0.25, -0.2) is 0 Å². The van der Waals surface area contributed by atoms with Crippen LogP contribution in [0.3, 0.4) is 0 Å². The lowest BCUT2D eigenvalue weighted by Gasteiger charge is -2.14. The van der Waals surface area contributed by atoms with E-state index in [4.69, 9.17) is 5.11 Å². The molecule has 0 heterocycles. The van der Waals surface area contributed by atoms with Crippen molar-refractivity contribution >= 4 is 11.8 Å². The molecule has 0 radical (unpaired) electrons. The topological polar surface area (TPSA) is 54.4 Å². The summed E-state index contributed by atoms with van der Waals surface area (Å²) >= 11 is 0. The molecule has 0 amide bonds. The van der Waals surface area contributed by atoms with Crippen LogP contribution in [-0.4, -0.2) is 16.9 Å². The maximum Gasteiger partial charge on any atom is 0.303 e. The summed E-state index contributed by atoms with van der Waals surface area (Å²) in [7, 11) is 0. The third kappa shape index (κ3) is 2.54. The fourth-order valence-corrected chi connectivity index (χ4v) is 2.15. The highest BCUT2D eigenvalue weighted by Gasteiger charge is 2.34. The lowest BCUT2D eigenvalue weighted by atomic mass is 9.89. The van der Waals surface area contributed by atoms with Crippen molar-refractivity contribution in [2.24, 2.45) is 11.8 Å². The molecule has 1 rings (SSSR count). The summed E-state index contributed by atoms with van der Waals surface area (Å²) in [5.74, 6) is -0.375. The molecule has 13 heavy (non-hydrogen) atoms. The van der Waals surface area contributed by atoms with Gasteiger partial charge in [-0.1, -0.05) is 13.3 Å². The van der Waals surface area contributed by atoms with Gasteiger partial charge in [-0.2, -0.15) is 0 Å². The molecule has 0 saturated heterocycles. The van der Waals surface area contributed by atoms with Crippen LogP contribution in [0.25, 0.3) is 0 Å². The number of carbonyl (C=O) groups is 2. The smallest absolute Gasteiger partial charge is 0.303 e. The first-order chi connectivity index (χ1) is 6.15. The molecule has 1 N–H and O–H groups in total. The van der Waals surface area contributed by atoms with E-state index in [9.17, 15) is 9.59 Å². The van der Waals surface area contributed by atoms with Gasteiger partial charge in [-0.15, -0.1) is 0 Å². The second-order valence-electron chi connectivity index (χ2n) is 3.76. The number of carbonyl (C=O) groups excluding carboxylic acids is 1. The van der Waals surface area contributed by atoms with Gasteiger partial charge >= 0.3 is 5.97 Å². The number of aliphatic carboxylic acids is 1. The van der Waals surface area contributed by atoms with Gasteiger partial charge in [0.05, 0.1) is 0 Å². The average Bonchev–Trinajstić information content (AvgIpc) is 2.35. The zero-order valence-electron chi connectivity index (χ0n) is 7.95. The van der Waals surface area contributed by atoms with Gasteiger partial charge in [0, 0.05) is 18.8 Å². The molecule has 2 atom stereocenters. The van der Waals surface area contributed by atoms with Crippen LogP contribution in [0.1, 0.15) is 39.0 Å². The second kappa shape index (κ2) is 4.40. The number of Topliss-reactive ketones (excluding diaryl/α,β-unsaturated/α-hetero) is 1. The van der Waals surface area contributed by atoms with Crippen molar-refractivity contribution in [1.82, 2.24) is 0 Å². The zero-order valence-corrected chi connectivity index (χ0v) is 7.95. The summed E-state index contributed by atoms with van der Waals surface area (Å²) < 4.78 is 0.